The van der Waals surface area contributed by atoms with Gasteiger partial charge < -0.3 is 15.2 Å². The molecule has 0 amide bonds. The minimum absolute atomic E-state index is 0.120. The number of aliphatic hydroxyl groups excluding tert-OH is 1. The zero-order chi connectivity index (χ0) is 11.7. The Hall–Kier alpha value is -0.120. The lowest BCUT2D eigenvalue weighted by Crippen LogP contribution is -2.55. The molecule has 3 fully saturated rings. The third kappa shape index (κ3) is 3.21. The maximum absolute atomic E-state index is 9.74. The summed E-state index contributed by atoms with van der Waals surface area (Å²) in [6.07, 6.45) is 9.08. The van der Waals surface area contributed by atoms with Gasteiger partial charge in [0.25, 0.3) is 0 Å². The first-order valence-corrected chi connectivity index (χ1v) is 7.29. The van der Waals surface area contributed by atoms with E-state index in [0.29, 0.717) is 18.6 Å². The van der Waals surface area contributed by atoms with E-state index in [9.17, 15) is 5.11 Å². The molecule has 0 spiro atoms. The molecule has 3 rings (SSSR count). The van der Waals surface area contributed by atoms with E-state index < -0.39 is 0 Å². The van der Waals surface area contributed by atoms with Crippen LogP contribution in [0.4, 0.5) is 0 Å². The average molecular weight is 239 g/mol. The molecule has 0 aromatic heterocycles. The van der Waals surface area contributed by atoms with Crippen LogP contribution in [-0.2, 0) is 4.74 Å². The van der Waals surface area contributed by atoms with Crippen LogP contribution < -0.4 is 5.32 Å². The highest BCUT2D eigenvalue weighted by Gasteiger charge is 2.47. The van der Waals surface area contributed by atoms with E-state index in [-0.39, 0.29) is 12.1 Å². The van der Waals surface area contributed by atoms with Gasteiger partial charge in [0, 0.05) is 12.6 Å². The highest BCUT2D eigenvalue weighted by molar-refractivity contribution is 5.04. The Morgan fingerprint density at radius 2 is 1.88 bits per heavy atom. The minimum atomic E-state index is -0.120. The van der Waals surface area contributed by atoms with E-state index in [2.05, 4.69) is 5.32 Å². The summed E-state index contributed by atoms with van der Waals surface area (Å²) in [6.45, 7) is 1.82. The smallest absolute Gasteiger partial charge is 0.0681 e. The first kappa shape index (κ1) is 11.9. The maximum atomic E-state index is 9.74. The van der Waals surface area contributed by atoms with Crippen molar-refractivity contribution in [1.82, 2.24) is 5.32 Å². The monoisotopic (exact) mass is 239 g/mol. The normalized spacial score (nSPS) is 28.1. The van der Waals surface area contributed by atoms with Crippen molar-refractivity contribution in [3.63, 3.8) is 0 Å². The van der Waals surface area contributed by atoms with Crippen LogP contribution in [0.15, 0.2) is 0 Å². The number of nitrogens with one attached hydrogen (secondary N) is 1. The van der Waals surface area contributed by atoms with Crippen molar-refractivity contribution in [2.24, 2.45) is 11.8 Å². The zero-order valence-corrected chi connectivity index (χ0v) is 10.7. The van der Waals surface area contributed by atoms with Gasteiger partial charge in [0.1, 0.15) is 0 Å². The molecule has 3 saturated carbocycles. The molecule has 0 aromatic carbocycles. The van der Waals surface area contributed by atoms with Gasteiger partial charge in [-0.25, -0.2) is 0 Å². The Bertz CT molecular complexity index is 259. The molecule has 2 N–H and O–H groups in total. The van der Waals surface area contributed by atoms with Crippen LogP contribution in [0, 0.1) is 11.8 Å². The largest absolute Gasteiger partial charge is 0.394 e. The van der Waals surface area contributed by atoms with Gasteiger partial charge in [0.2, 0.25) is 0 Å². The molecular weight excluding hydrogens is 214 g/mol. The first-order chi connectivity index (χ1) is 8.32. The Labute approximate surface area is 104 Å². The van der Waals surface area contributed by atoms with Crippen LogP contribution in [-0.4, -0.2) is 36.5 Å². The van der Waals surface area contributed by atoms with Crippen LogP contribution in [0.3, 0.4) is 0 Å². The third-order valence-electron chi connectivity index (χ3n) is 4.44. The second-order valence-electron chi connectivity index (χ2n) is 6.29. The number of hydrogen-bond donors (Lipinski definition) is 2. The van der Waals surface area contributed by atoms with Gasteiger partial charge >= 0.3 is 0 Å². The number of hydrogen-bond acceptors (Lipinski definition) is 3. The van der Waals surface area contributed by atoms with Gasteiger partial charge in [-0.1, -0.05) is 12.8 Å². The lowest BCUT2D eigenvalue weighted by Gasteiger charge is -2.33. The molecule has 3 heteroatoms. The summed E-state index contributed by atoms with van der Waals surface area (Å²) in [7, 11) is 0. The zero-order valence-electron chi connectivity index (χ0n) is 10.7. The van der Waals surface area contributed by atoms with Crippen molar-refractivity contribution in [1.29, 1.82) is 0 Å². The first-order valence-electron chi connectivity index (χ1n) is 7.29. The number of ether oxygens (including phenoxy) is 1. The van der Waals surface area contributed by atoms with Crippen molar-refractivity contribution in [2.45, 2.75) is 56.5 Å². The molecule has 0 aromatic rings. The predicted octanol–water partition coefficient (Wildman–Crippen LogP) is 1.70. The van der Waals surface area contributed by atoms with Crippen LogP contribution in [0.25, 0.3) is 0 Å². The van der Waals surface area contributed by atoms with E-state index in [0.717, 1.165) is 12.5 Å². The molecule has 0 aliphatic heterocycles. The average Bonchev–Trinajstić information content (AvgIpc) is 3.15. The van der Waals surface area contributed by atoms with Gasteiger partial charge in [-0.3, -0.25) is 0 Å². The molecule has 3 aliphatic carbocycles. The molecule has 0 bridgehead atoms. The molecule has 0 saturated heterocycles. The Morgan fingerprint density at radius 3 is 2.41 bits per heavy atom. The number of rotatable bonds is 9. The van der Waals surface area contributed by atoms with E-state index >= 15 is 0 Å². The van der Waals surface area contributed by atoms with Gasteiger partial charge in [-0.15, -0.1) is 0 Å². The van der Waals surface area contributed by atoms with Crippen LogP contribution in [0.5, 0.6) is 0 Å². The lowest BCUT2D eigenvalue weighted by atomic mass is 9.95. The van der Waals surface area contributed by atoms with Crippen molar-refractivity contribution >= 4 is 0 Å². The van der Waals surface area contributed by atoms with E-state index in [1.807, 2.05) is 0 Å². The standard InChI is InChI=1S/C14H25NO2/c16-9-14(12-3-4-12,15-13-5-6-13)10-17-8-7-11-1-2-11/h11-13,15-16H,1-10H2. The van der Waals surface area contributed by atoms with Crippen LogP contribution >= 0.6 is 0 Å². The Morgan fingerprint density at radius 1 is 1.12 bits per heavy atom. The van der Waals surface area contributed by atoms with Crippen molar-refractivity contribution < 1.29 is 9.84 Å². The molecule has 3 nitrogen and oxygen atoms in total. The molecule has 1 unspecified atom stereocenters. The van der Waals surface area contributed by atoms with Gasteiger partial charge in [0.05, 0.1) is 18.8 Å². The maximum Gasteiger partial charge on any atom is 0.0681 e. The summed E-state index contributed by atoms with van der Waals surface area (Å²) < 4.78 is 5.85. The summed E-state index contributed by atoms with van der Waals surface area (Å²) in [6, 6.07) is 0.648. The summed E-state index contributed by atoms with van der Waals surface area (Å²) in [5.74, 6) is 1.59. The van der Waals surface area contributed by atoms with Crippen molar-refractivity contribution in [3.05, 3.63) is 0 Å². The molecule has 0 heterocycles. The third-order valence-corrected chi connectivity index (χ3v) is 4.44. The fraction of sp³-hybridized carbons (Fsp3) is 1.00. The van der Waals surface area contributed by atoms with Crippen molar-refractivity contribution in [2.75, 3.05) is 19.8 Å². The number of aliphatic hydroxyl groups is 1. The summed E-state index contributed by atoms with van der Waals surface area (Å²) in [4.78, 5) is 0. The molecular formula is C14H25NO2. The lowest BCUT2D eigenvalue weighted by molar-refractivity contribution is 0.0204. The van der Waals surface area contributed by atoms with Gasteiger partial charge in [-0.2, -0.15) is 0 Å². The molecule has 98 valence electrons. The minimum Gasteiger partial charge on any atom is -0.394 e. The van der Waals surface area contributed by atoms with E-state index in [1.165, 1.54) is 44.9 Å². The topological polar surface area (TPSA) is 41.5 Å². The quantitative estimate of drug-likeness (QED) is 0.602. The fourth-order valence-corrected chi connectivity index (χ4v) is 2.68. The molecule has 1 atom stereocenters. The highest BCUT2D eigenvalue weighted by atomic mass is 16.5. The van der Waals surface area contributed by atoms with Crippen molar-refractivity contribution in [3.8, 4) is 0 Å². The molecule has 3 aliphatic rings. The SMILES string of the molecule is OCC(COCCC1CC1)(NC1CC1)C1CC1. The highest BCUT2D eigenvalue weighted by Crippen LogP contribution is 2.41. The van der Waals surface area contributed by atoms with E-state index in [4.69, 9.17) is 4.74 Å². The summed E-state index contributed by atoms with van der Waals surface area (Å²) in [5.41, 5.74) is -0.120. The van der Waals surface area contributed by atoms with Gasteiger partial charge in [-0.05, 0) is 43.9 Å². The summed E-state index contributed by atoms with van der Waals surface area (Å²) >= 11 is 0. The van der Waals surface area contributed by atoms with Crippen LogP contribution in [0.1, 0.15) is 44.9 Å². The fourth-order valence-electron chi connectivity index (χ4n) is 2.68. The Balaban J connectivity index is 1.45. The molecule has 0 radical (unpaired) electrons. The second kappa shape index (κ2) is 4.87. The van der Waals surface area contributed by atoms with Crippen LogP contribution in [0.2, 0.25) is 0 Å². The summed E-state index contributed by atoms with van der Waals surface area (Å²) in [5, 5.41) is 13.4. The molecule has 17 heavy (non-hydrogen) atoms. The van der Waals surface area contributed by atoms with E-state index in [1.54, 1.807) is 0 Å². The van der Waals surface area contributed by atoms with Gasteiger partial charge in [0.15, 0.2) is 0 Å². The second-order valence-corrected chi connectivity index (χ2v) is 6.29. The predicted molar refractivity (Wildman–Crippen MR) is 66.9 cm³/mol. The Kier molecular flexibility index (Phi) is 3.42.